The molecule has 19 heavy (non-hydrogen) atoms. The number of carboxylic acids is 1. The third-order valence-electron chi connectivity index (χ3n) is 4.06. The van der Waals surface area contributed by atoms with Crippen molar-refractivity contribution in [3.05, 3.63) is 12.2 Å². The Labute approximate surface area is 112 Å². The third-order valence-corrected chi connectivity index (χ3v) is 4.06. The number of nitriles is 1. The molecule has 0 aromatic heterocycles. The number of rotatable bonds is 6. The summed E-state index contributed by atoms with van der Waals surface area (Å²) in [6.07, 6.45) is 6.70. The molecule has 1 amide bonds. The summed E-state index contributed by atoms with van der Waals surface area (Å²) >= 11 is 0. The van der Waals surface area contributed by atoms with Crippen LogP contribution in [0.2, 0.25) is 0 Å². The molecule has 2 aliphatic carbocycles. The van der Waals surface area contributed by atoms with E-state index in [0.29, 0.717) is 13.0 Å². The molecule has 2 unspecified atom stereocenters. The van der Waals surface area contributed by atoms with Crippen molar-refractivity contribution in [2.45, 2.75) is 25.7 Å². The van der Waals surface area contributed by atoms with E-state index < -0.39 is 17.8 Å². The predicted octanol–water partition coefficient (Wildman–Crippen LogP) is 1.32. The van der Waals surface area contributed by atoms with Crippen molar-refractivity contribution in [1.82, 2.24) is 5.32 Å². The van der Waals surface area contributed by atoms with Crippen molar-refractivity contribution in [3.63, 3.8) is 0 Å². The lowest BCUT2D eigenvalue weighted by Gasteiger charge is -2.23. The monoisotopic (exact) mass is 262 g/mol. The highest BCUT2D eigenvalue weighted by molar-refractivity contribution is 5.86. The van der Waals surface area contributed by atoms with Gasteiger partial charge in [-0.25, -0.2) is 0 Å². The first kappa shape index (κ1) is 13.6. The molecule has 2 rings (SSSR count). The average Bonchev–Trinajstić information content (AvgIpc) is 2.98. The predicted molar refractivity (Wildman–Crippen MR) is 67.8 cm³/mol. The van der Waals surface area contributed by atoms with E-state index >= 15 is 0 Å². The first-order chi connectivity index (χ1) is 9.15. The van der Waals surface area contributed by atoms with Crippen molar-refractivity contribution in [1.29, 1.82) is 5.26 Å². The smallest absolute Gasteiger partial charge is 0.307 e. The number of aliphatic carboxylic acids is 1. The SMILES string of the molecule is N#CCCCCNC(=O)[C@H]1C2C=CC(C2)[C@H]1C(=O)O. The van der Waals surface area contributed by atoms with Crippen molar-refractivity contribution < 1.29 is 14.7 Å². The van der Waals surface area contributed by atoms with Gasteiger partial charge >= 0.3 is 5.97 Å². The lowest BCUT2D eigenvalue weighted by molar-refractivity contribution is -0.147. The highest BCUT2D eigenvalue weighted by Crippen LogP contribution is 2.48. The van der Waals surface area contributed by atoms with Gasteiger partial charge in [0.1, 0.15) is 0 Å². The molecule has 0 saturated heterocycles. The molecule has 4 atom stereocenters. The van der Waals surface area contributed by atoms with Gasteiger partial charge in [0.15, 0.2) is 0 Å². The summed E-state index contributed by atoms with van der Waals surface area (Å²) in [4.78, 5) is 23.4. The topological polar surface area (TPSA) is 90.2 Å². The second-order valence-corrected chi connectivity index (χ2v) is 5.24. The highest BCUT2D eigenvalue weighted by Gasteiger charge is 2.51. The van der Waals surface area contributed by atoms with Gasteiger partial charge < -0.3 is 10.4 Å². The normalized spacial score (nSPS) is 31.1. The zero-order valence-electron chi connectivity index (χ0n) is 10.7. The van der Waals surface area contributed by atoms with Crippen molar-refractivity contribution >= 4 is 11.9 Å². The Kier molecular flexibility index (Phi) is 4.20. The summed E-state index contributed by atoms with van der Waals surface area (Å²) in [6.45, 7) is 0.518. The largest absolute Gasteiger partial charge is 0.481 e. The van der Waals surface area contributed by atoms with Crippen molar-refractivity contribution in [2.24, 2.45) is 23.7 Å². The molecule has 0 aromatic carbocycles. The van der Waals surface area contributed by atoms with Gasteiger partial charge in [-0.3, -0.25) is 9.59 Å². The lowest BCUT2D eigenvalue weighted by Crippen LogP contribution is -2.40. The molecule has 5 heteroatoms. The van der Waals surface area contributed by atoms with Crippen LogP contribution in [-0.2, 0) is 9.59 Å². The Bertz CT molecular complexity index is 438. The van der Waals surface area contributed by atoms with Crippen LogP contribution in [0.25, 0.3) is 0 Å². The van der Waals surface area contributed by atoms with Crippen LogP contribution < -0.4 is 5.32 Å². The van der Waals surface area contributed by atoms with Gasteiger partial charge in [0, 0.05) is 13.0 Å². The van der Waals surface area contributed by atoms with Gasteiger partial charge in [-0.2, -0.15) is 5.26 Å². The van der Waals surface area contributed by atoms with E-state index in [4.69, 9.17) is 5.26 Å². The van der Waals surface area contributed by atoms with E-state index in [1.165, 1.54) is 0 Å². The molecule has 5 nitrogen and oxygen atoms in total. The molecule has 0 spiro atoms. The Balaban J connectivity index is 1.86. The fraction of sp³-hybridized carbons (Fsp3) is 0.643. The molecule has 0 aliphatic heterocycles. The maximum Gasteiger partial charge on any atom is 0.307 e. The molecular formula is C14H18N2O3. The zero-order chi connectivity index (χ0) is 13.8. The number of fused-ring (bicyclic) bond motifs is 2. The number of amides is 1. The summed E-state index contributed by atoms with van der Waals surface area (Å²) in [5, 5.41) is 20.5. The number of unbranched alkanes of at least 4 members (excludes halogenated alkanes) is 2. The third kappa shape index (κ3) is 2.78. The second kappa shape index (κ2) is 5.87. The van der Waals surface area contributed by atoms with Crippen LogP contribution in [0.5, 0.6) is 0 Å². The minimum absolute atomic E-state index is 0.0110. The summed E-state index contributed by atoms with van der Waals surface area (Å²) in [7, 11) is 0. The maximum atomic E-state index is 12.1. The van der Waals surface area contributed by atoms with Crippen LogP contribution in [0, 0.1) is 35.0 Å². The molecule has 1 saturated carbocycles. The molecule has 102 valence electrons. The summed E-state index contributed by atoms with van der Waals surface area (Å²) < 4.78 is 0. The minimum atomic E-state index is -0.874. The highest BCUT2D eigenvalue weighted by atomic mass is 16.4. The van der Waals surface area contributed by atoms with Gasteiger partial charge in [-0.15, -0.1) is 0 Å². The maximum absolute atomic E-state index is 12.1. The van der Waals surface area contributed by atoms with E-state index in [1.807, 2.05) is 12.2 Å². The Hall–Kier alpha value is -1.83. The number of nitrogens with one attached hydrogen (secondary N) is 1. The molecule has 0 radical (unpaired) electrons. The molecule has 0 aromatic rings. The van der Waals surface area contributed by atoms with Gasteiger partial charge in [-0.05, 0) is 31.1 Å². The standard InChI is InChI=1S/C14H18N2O3/c15-6-2-1-3-7-16-13(17)11-9-4-5-10(8-9)12(11)14(18)19/h4-5,9-12H,1-3,7-8H2,(H,16,17)(H,18,19)/t9?,10?,11-,12+/m0/s1. The number of hydrogen-bond donors (Lipinski definition) is 2. The van der Waals surface area contributed by atoms with Gasteiger partial charge in [-0.1, -0.05) is 12.2 Å². The van der Waals surface area contributed by atoms with Crippen LogP contribution >= 0.6 is 0 Å². The number of carboxylic acid groups (broad SMARTS) is 1. The van der Waals surface area contributed by atoms with Gasteiger partial charge in [0.2, 0.25) is 5.91 Å². The van der Waals surface area contributed by atoms with E-state index in [0.717, 1.165) is 19.3 Å². The first-order valence-electron chi connectivity index (χ1n) is 6.71. The second-order valence-electron chi connectivity index (χ2n) is 5.24. The molecule has 2 aliphatic rings. The molecule has 2 N–H and O–H groups in total. The van der Waals surface area contributed by atoms with E-state index in [1.54, 1.807) is 0 Å². The van der Waals surface area contributed by atoms with Gasteiger partial charge in [0.05, 0.1) is 17.9 Å². The zero-order valence-corrected chi connectivity index (χ0v) is 10.7. The van der Waals surface area contributed by atoms with Crippen molar-refractivity contribution in [2.75, 3.05) is 6.54 Å². The fourth-order valence-electron chi connectivity index (χ4n) is 3.17. The van der Waals surface area contributed by atoms with Gasteiger partial charge in [0.25, 0.3) is 0 Å². The van der Waals surface area contributed by atoms with E-state index in [9.17, 15) is 14.7 Å². The van der Waals surface area contributed by atoms with E-state index in [-0.39, 0.29) is 17.7 Å². The molecule has 2 bridgehead atoms. The number of carbonyl (C=O) groups excluding carboxylic acids is 1. The minimum Gasteiger partial charge on any atom is -0.481 e. The number of hydrogen-bond acceptors (Lipinski definition) is 3. The van der Waals surface area contributed by atoms with Crippen LogP contribution in [0.4, 0.5) is 0 Å². The first-order valence-corrected chi connectivity index (χ1v) is 6.71. The molecule has 1 fully saturated rings. The average molecular weight is 262 g/mol. The summed E-state index contributed by atoms with van der Waals surface area (Å²) in [5.74, 6) is -1.94. The molecular weight excluding hydrogens is 244 g/mol. The number of allylic oxidation sites excluding steroid dienone is 2. The Morgan fingerprint density at radius 3 is 2.58 bits per heavy atom. The number of carbonyl (C=O) groups is 2. The fourth-order valence-corrected chi connectivity index (χ4v) is 3.17. The quantitative estimate of drug-likeness (QED) is 0.558. The van der Waals surface area contributed by atoms with Crippen LogP contribution in [-0.4, -0.2) is 23.5 Å². The number of nitrogens with zero attached hydrogens (tertiary/aromatic N) is 1. The molecule has 0 heterocycles. The summed E-state index contributed by atoms with van der Waals surface area (Å²) in [6, 6.07) is 2.06. The lowest BCUT2D eigenvalue weighted by atomic mass is 9.82. The van der Waals surface area contributed by atoms with Crippen LogP contribution in [0.15, 0.2) is 12.2 Å². The van der Waals surface area contributed by atoms with Crippen LogP contribution in [0.1, 0.15) is 25.7 Å². The Morgan fingerprint density at radius 2 is 1.95 bits per heavy atom. The summed E-state index contributed by atoms with van der Waals surface area (Å²) in [5.41, 5.74) is 0. The van der Waals surface area contributed by atoms with E-state index in [2.05, 4.69) is 11.4 Å². The van der Waals surface area contributed by atoms with Crippen LogP contribution in [0.3, 0.4) is 0 Å². The Morgan fingerprint density at radius 1 is 1.26 bits per heavy atom. The van der Waals surface area contributed by atoms with Crippen molar-refractivity contribution in [3.8, 4) is 6.07 Å².